The number of benzene rings is 1. The predicted molar refractivity (Wildman–Crippen MR) is 108 cm³/mol. The highest BCUT2D eigenvalue weighted by Gasteiger charge is 2.10. The molecule has 1 atom stereocenters. The predicted octanol–water partition coefficient (Wildman–Crippen LogP) is 2.57. The number of rotatable bonds is 9. The summed E-state index contributed by atoms with van der Waals surface area (Å²) < 4.78 is 19.1. The maximum Gasteiger partial charge on any atom is 0.246 e. The molecule has 7 nitrogen and oxygen atoms in total. The van der Waals surface area contributed by atoms with Crippen molar-refractivity contribution in [3.8, 4) is 5.75 Å². The Balaban J connectivity index is 1.87. The maximum absolute atomic E-state index is 13.3. The molecule has 150 valence electrons. The molecule has 0 saturated carbocycles. The van der Waals surface area contributed by atoms with E-state index < -0.39 is 0 Å². The van der Waals surface area contributed by atoms with Gasteiger partial charge in [-0.15, -0.1) is 0 Å². The highest BCUT2D eigenvalue weighted by Crippen LogP contribution is 2.14. The van der Waals surface area contributed by atoms with Gasteiger partial charge in [-0.3, -0.25) is 9.78 Å². The molecule has 3 N–H and O–H groups in total. The van der Waals surface area contributed by atoms with Gasteiger partial charge in [0.25, 0.3) is 0 Å². The molecule has 0 saturated heterocycles. The monoisotopic (exact) mass is 387 g/mol. The number of anilines is 1. The number of ether oxygens (including phenoxy) is 1. The lowest BCUT2D eigenvalue weighted by molar-refractivity contribution is -0.114. The summed E-state index contributed by atoms with van der Waals surface area (Å²) in [6.07, 6.45) is 3.76. The van der Waals surface area contributed by atoms with Crippen molar-refractivity contribution in [2.24, 2.45) is 4.99 Å². The molecule has 0 fully saturated rings. The van der Waals surface area contributed by atoms with E-state index >= 15 is 0 Å². The van der Waals surface area contributed by atoms with Crippen LogP contribution in [0.2, 0.25) is 0 Å². The van der Waals surface area contributed by atoms with Crippen LogP contribution in [0.4, 0.5) is 10.1 Å². The van der Waals surface area contributed by atoms with Crippen LogP contribution >= 0.6 is 0 Å². The first-order valence-corrected chi connectivity index (χ1v) is 9.25. The van der Waals surface area contributed by atoms with E-state index in [0.29, 0.717) is 30.5 Å². The zero-order valence-corrected chi connectivity index (χ0v) is 16.1. The third-order valence-electron chi connectivity index (χ3n) is 3.72. The van der Waals surface area contributed by atoms with Gasteiger partial charge in [-0.25, -0.2) is 9.38 Å². The Bertz CT molecular complexity index is 770. The number of pyridine rings is 1. The summed E-state index contributed by atoms with van der Waals surface area (Å²) in [5.41, 5.74) is 0.621. The van der Waals surface area contributed by atoms with Gasteiger partial charge in [0.2, 0.25) is 5.91 Å². The molecule has 1 unspecified atom stereocenters. The number of amides is 1. The molecule has 0 spiro atoms. The molecule has 1 amide bonds. The van der Waals surface area contributed by atoms with Crippen LogP contribution in [-0.4, -0.2) is 42.6 Å². The largest absolute Gasteiger partial charge is 0.489 e. The lowest BCUT2D eigenvalue weighted by Gasteiger charge is -2.20. The van der Waals surface area contributed by atoms with E-state index in [0.717, 1.165) is 6.42 Å². The van der Waals surface area contributed by atoms with Gasteiger partial charge in [0, 0.05) is 18.8 Å². The molecule has 1 heterocycles. The third-order valence-corrected chi connectivity index (χ3v) is 3.72. The van der Waals surface area contributed by atoms with Gasteiger partial charge in [-0.1, -0.05) is 13.0 Å². The minimum Gasteiger partial charge on any atom is -0.489 e. The number of carbonyl (C=O) groups is 1. The van der Waals surface area contributed by atoms with Crippen LogP contribution in [0.25, 0.3) is 0 Å². The summed E-state index contributed by atoms with van der Waals surface area (Å²) in [7, 11) is 0. The average molecular weight is 387 g/mol. The van der Waals surface area contributed by atoms with E-state index in [1.807, 2.05) is 13.8 Å². The van der Waals surface area contributed by atoms with E-state index in [9.17, 15) is 9.18 Å². The van der Waals surface area contributed by atoms with Crippen LogP contribution < -0.4 is 20.7 Å². The molecular formula is C20H26FN5O2. The minimum atomic E-state index is -0.338. The second kappa shape index (κ2) is 11.5. The fourth-order valence-corrected chi connectivity index (χ4v) is 2.34. The summed E-state index contributed by atoms with van der Waals surface area (Å²) in [6, 6.07) is 9.55. The number of nitrogens with one attached hydrogen (secondary N) is 3. The highest BCUT2D eigenvalue weighted by atomic mass is 19.1. The van der Waals surface area contributed by atoms with Crippen LogP contribution in [-0.2, 0) is 4.79 Å². The lowest BCUT2D eigenvalue weighted by Crippen LogP contribution is -2.43. The van der Waals surface area contributed by atoms with E-state index in [2.05, 4.69) is 25.9 Å². The molecule has 2 rings (SSSR count). The van der Waals surface area contributed by atoms with Crippen LogP contribution in [0.1, 0.15) is 20.3 Å². The Morgan fingerprint density at radius 3 is 2.79 bits per heavy atom. The highest BCUT2D eigenvalue weighted by molar-refractivity contribution is 5.93. The van der Waals surface area contributed by atoms with Gasteiger partial charge >= 0.3 is 0 Å². The fraction of sp³-hybridized carbons (Fsp3) is 0.350. The van der Waals surface area contributed by atoms with Crippen LogP contribution in [0.15, 0.2) is 53.8 Å². The summed E-state index contributed by atoms with van der Waals surface area (Å²) in [6.45, 7) is 5.00. The number of guanidine groups is 1. The van der Waals surface area contributed by atoms with Crippen molar-refractivity contribution >= 4 is 17.6 Å². The first-order chi connectivity index (χ1) is 13.6. The summed E-state index contributed by atoms with van der Waals surface area (Å²) >= 11 is 0. The van der Waals surface area contributed by atoms with Crippen molar-refractivity contribution in [2.75, 3.05) is 25.0 Å². The molecular weight excluding hydrogens is 361 g/mol. The quantitative estimate of drug-likeness (QED) is 0.455. The summed E-state index contributed by atoms with van der Waals surface area (Å²) in [5, 5.41) is 8.97. The standard InChI is InChI=1S/C20H26FN5O2/c1-3-17(28-18-9-5-7-15(21)11-18)13-24-20(23-4-2)25-14-19(27)26-16-8-6-10-22-12-16/h5-12,17H,3-4,13-14H2,1-2H3,(H,26,27)(H2,23,24,25). The van der Waals surface area contributed by atoms with Crippen molar-refractivity contribution < 1.29 is 13.9 Å². The zero-order chi connectivity index (χ0) is 20.2. The normalized spacial score (nSPS) is 12.2. The van der Waals surface area contributed by atoms with E-state index in [1.165, 1.54) is 12.1 Å². The van der Waals surface area contributed by atoms with E-state index in [4.69, 9.17) is 4.74 Å². The lowest BCUT2D eigenvalue weighted by atomic mass is 10.2. The number of hydrogen-bond donors (Lipinski definition) is 3. The Kier molecular flexibility index (Phi) is 8.71. The molecule has 28 heavy (non-hydrogen) atoms. The van der Waals surface area contributed by atoms with E-state index in [1.54, 1.807) is 36.7 Å². The van der Waals surface area contributed by atoms with Crippen molar-refractivity contribution in [1.82, 2.24) is 15.6 Å². The average Bonchev–Trinajstić information content (AvgIpc) is 2.69. The smallest absolute Gasteiger partial charge is 0.246 e. The molecule has 8 heteroatoms. The first-order valence-electron chi connectivity index (χ1n) is 9.25. The SMILES string of the molecule is CCNC(=NCC(=O)Nc1cccnc1)NCC(CC)Oc1cccc(F)c1. The van der Waals surface area contributed by atoms with Gasteiger partial charge in [-0.2, -0.15) is 0 Å². The minimum absolute atomic E-state index is 0.0359. The first kappa shape index (κ1) is 21.1. The molecule has 0 aliphatic heterocycles. The second-order valence-corrected chi connectivity index (χ2v) is 5.97. The van der Waals surface area contributed by atoms with Gasteiger partial charge in [0.15, 0.2) is 5.96 Å². The molecule has 0 radical (unpaired) electrons. The molecule has 0 bridgehead atoms. The Hall–Kier alpha value is -3.16. The van der Waals surface area contributed by atoms with Gasteiger partial charge in [0.1, 0.15) is 24.2 Å². The molecule has 0 aliphatic rings. The number of nitrogens with zero attached hydrogens (tertiary/aromatic N) is 2. The molecule has 1 aromatic heterocycles. The second-order valence-electron chi connectivity index (χ2n) is 5.97. The van der Waals surface area contributed by atoms with Crippen LogP contribution in [0.3, 0.4) is 0 Å². The molecule has 1 aromatic carbocycles. The van der Waals surface area contributed by atoms with Gasteiger partial charge in [-0.05, 0) is 37.6 Å². The number of aromatic nitrogens is 1. The fourth-order valence-electron chi connectivity index (χ4n) is 2.34. The van der Waals surface area contributed by atoms with Crippen molar-refractivity contribution in [3.05, 3.63) is 54.6 Å². The van der Waals surface area contributed by atoms with Crippen LogP contribution in [0, 0.1) is 5.82 Å². The number of halogens is 1. The van der Waals surface area contributed by atoms with Crippen molar-refractivity contribution in [3.63, 3.8) is 0 Å². The van der Waals surface area contributed by atoms with Gasteiger partial charge < -0.3 is 20.7 Å². The van der Waals surface area contributed by atoms with Crippen molar-refractivity contribution in [2.45, 2.75) is 26.4 Å². The topological polar surface area (TPSA) is 87.6 Å². The number of carbonyl (C=O) groups excluding carboxylic acids is 1. The Morgan fingerprint density at radius 1 is 1.25 bits per heavy atom. The Morgan fingerprint density at radius 2 is 2.11 bits per heavy atom. The maximum atomic E-state index is 13.3. The third kappa shape index (κ3) is 7.61. The van der Waals surface area contributed by atoms with E-state index in [-0.39, 0.29) is 24.4 Å². The Labute approximate surface area is 164 Å². The molecule has 0 aliphatic carbocycles. The number of hydrogen-bond acceptors (Lipinski definition) is 4. The number of aliphatic imine (C=N–C) groups is 1. The van der Waals surface area contributed by atoms with Gasteiger partial charge in [0.05, 0.1) is 18.4 Å². The zero-order valence-electron chi connectivity index (χ0n) is 16.1. The van der Waals surface area contributed by atoms with Crippen LogP contribution in [0.5, 0.6) is 5.75 Å². The summed E-state index contributed by atoms with van der Waals surface area (Å²) in [4.78, 5) is 20.3. The molecule has 2 aromatic rings. The summed E-state index contributed by atoms with van der Waals surface area (Å²) in [5.74, 6) is 0.402. The van der Waals surface area contributed by atoms with Crippen molar-refractivity contribution in [1.29, 1.82) is 0 Å².